The molecule has 0 amide bonds. The van der Waals surface area contributed by atoms with Gasteiger partial charge in [-0.2, -0.15) is 0 Å². The molecule has 1 unspecified atom stereocenters. The highest BCUT2D eigenvalue weighted by Crippen LogP contribution is 2.19. The van der Waals surface area contributed by atoms with Crippen molar-refractivity contribution < 1.29 is 8.42 Å². The zero-order valence-corrected chi connectivity index (χ0v) is 12.7. The van der Waals surface area contributed by atoms with Crippen LogP contribution in [0.5, 0.6) is 0 Å². The summed E-state index contributed by atoms with van der Waals surface area (Å²) >= 11 is 0. The van der Waals surface area contributed by atoms with Gasteiger partial charge in [0, 0.05) is 32.6 Å². The van der Waals surface area contributed by atoms with E-state index in [-0.39, 0.29) is 5.84 Å². The molecule has 0 aromatic carbocycles. The van der Waals surface area contributed by atoms with Gasteiger partial charge in [-0.05, 0) is 25.3 Å². The molecule has 6 nitrogen and oxygen atoms in total. The summed E-state index contributed by atoms with van der Waals surface area (Å²) in [5.74, 6) is 0.593. The molecular weight excluding hydrogens is 264 g/mol. The molecule has 1 aliphatic heterocycles. The van der Waals surface area contributed by atoms with Crippen LogP contribution in [0.4, 0.5) is 0 Å². The van der Waals surface area contributed by atoms with E-state index < -0.39 is 10.0 Å². The second-order valence-electron chi connectivity index (χ2n) is 5.30. The number of nitrogens with two attached hydrogens (primary N) is 1. The van der Waals surface area contributed by atoms with Gasteiger partial charge in [-0.3, -0.25) is 5.41 Å². The fraction of sp³-hybridized carbons (Fsp3) is 0.917. The van der Waals surface area contributed by atoms with E-state index >= 15 is 0 Å². The van der Waals surface area contributed by atoms with E-state index in [4.69, 9.17) is 11.1 Å². The third-order valence-corrected chi connectivity index (χ3v) is 4.88. The molecule has 0 saturated carbocycles. The number of sulfonamides is 1. The summed E-state index contributed by atoms with van der Waals surface area (Å²) < 4.78 is 24.7. The van der Waals surface area contributed by atoms with Crippen molar-refractivity contribution in [2.45, 2.75) is 26.2 Å². The Kier molecular flexibility index (Phi) is 6.22. The second-order valence-corrected chi connectivity index (χ2v) is 7.28. The Labute approximate surface area is 116 Å². The average Bonchev–Trinajstić information content (AvgIpc) is 2.33. The summed E-state index contributed by atoms with van der Waals surface area (Å²) in [5, 5.41) is 7.26. The maximum absolute atomic E-state index is 11.6. The summed E-state index contributed by atoms with van der Waals surface area (Å²) in [6.45, 7) is 5.92. The zero-order valence-electron chi connectivity index (χ0n) is 11.9. The van der Waals surface area contributed by atoms with Gasteiger partial charge in [-0.1, -0.05) is 6.92 Å². The fourth-order valence-electron chi connectivity index (χ4n) is 2.50. The monoisotopic (exact) mass is 290 g/mol. The van der Waals surface area contributed by atoms with E-state index in [1.807, 2.05) is 0 Å². The smallest absolute Gasteiger partial charge is 0.211 e. The Morgan fingerprint density at radius 3 is 2.74 bits per heavy atom. The molecule has 0 bridgehead atoms. The van der Waals surface area contributed by atoms with Crippen LogP contribution in [-0.4, -0.2) is 62.4 Å². The number of hydrogen-bond donors (Lipinski definition) is 2. The molecule has 0 aromatic heterocycles. The molecule has 1 atom stereocenters. The molecule has 112 valence electrons. The van der Waals surface area contributed by atoms with Crippen molar-refractivity contribution in [3.05, 3.63) is 0 Å². The molecule has 0 spiro atoms. The van der Waals surface area contributed by atoms with Gasteiger partial charge in [0.25, 0.3) is 0 Å². The Hall–Kier alpha value is -0.660. The van der Waals surface area contributed by atoms with Crippen LogP contribution >= 0.6 is 0 Å². The lowest BCUT2D eigenvalue weighted by molar-refractivity contribution is 0.186. The first-order valence-corrected chi connectivity index (χ1v) is 8.68. The van der Waals surface area contributed by atoms with E-state index in [0.717, 1.165) is 32.5 Å². The lowest BCUT2D eigenvalue weighted by Gasteiger charge is -2.34. The van der Waals surface area contributed by atoms with Crippen LogP contribution in [0.1, 0.15) is 26.2 Å². The van der Waals surface area contributed by atoms with E-state index in [2.05, 4.69) is 11.8 Å². The molecule has 1 rings (SSSR count). The largest absolute Gasteiger partial charge is 0.388 e. The highest BCUT2D eigenvalue weighted by molar-refractivity contribution is 7.88. The molecule has 7 heteroatoms. The number of nitrogens with one attached hydrogen (secondary N) is 1. The fourth-order valence-corrected chi connectivity index (χ4v) is 3.44. The van der Waals surface area contributed by atoms with Gasteiger partial charge in [0.1, 0.15) is 0 Å². The third kappa shape index (κ3) is 5.88. The SMILES string of the molecule is CCN(CCC(=N)N)CC1CCCN(S(C)(=O)=O)C1. The first kappa shape index (κ1) is 16.4. The standard InChI is InChI=1S/C12H26N4O2S/c1-3-15(8-6-12(13)14)9-11-5-4-7-16(10-11)19(2,17)18/h11H,3-10H2,1-2H3,(H3,13,14). The summed E-state index contributed by atoms with van der Waals surface area (Å²) in [7, 11) is -3.07. The van der Waals surface area contributed by atoms with Crippen LogP contribution in [0.3, 0.4) is 0 Å². The van der Waals surface area contributed by atoms with Crippen LogP contribution in [0.25, 0.3) is 0 Å². The van der Waals surface area contributed by atoms with Gasteiger partial charge in [0.05, 0.1) is 12.1 Å². The topological polar surface area (TPSA) is 90.5 Å². The van der Waals surface area contributed by atoms with E-state index in [0.29, 0.717) is 25.4 Å². The maximum Gasteiger partial charge on any atom is 0.211 e. The average molecular weight is 290 g/mol. The Balaban J connectivity index is 2.48. The summed E-state index contributed by atoms with van der Waals surface area (Å²) in [6, 6.07) is 0. The van der Waals surface area contributed by atoms with Gasteiger partial charge in [0.2, 0.25) is 10.0 Å². The Morgan fingerprint density at radius 1 is 1.53 bits per heavy atom. The highest BCUT2D eigenvalue weighted by Gasteiger charge is 2.26. The van der Waals surface area contributed by atoms with Crippen LogP contribution < -0.4 is 5.73 Å². The number of nitrogens with zero attached hydrogens (tertiary/aromatic N) is 2. The minimum absolute atomic E-state index is 0.208. The Morgan fingerprint density at radius 2 is 2.21 bits per heavy atom. The summed E-state index contributed by atoms with van der Waals surface area (Å²) in [5.41, 5.74) is 5.38. The van der Waals surface area contributed by atoms with Crippen LogP contribution in [0.15, 0.2) is 0 Å². The molecular formula is C12H26N4O2S. The normalized spacial score (nSPS) is 21.7. The third-order valence-electron chi connectivity index (χ3n) is 3.61. The first-order chi connectivity index (χ1) is 8.82. The van der Waals surface area contributed by atoms with Crippen molar-refractivity contribution in [1.29, 1.82) is 5.41 Å². The molecule has 1 saturated heterocycles. The quantitative estimate of drug-likeness (QED) is 0.521. The van der Waals surface area contributed by atoms with Gasteiger partial charge < -0.3 is 10.6 Å². The van der Waals surface area contributed by atoms with Gasteiger partial charge in [-0.15, -0.1) is 0 Å². The number of piperidine rings is 1. The van der Waals surface area contributed by atoms with E-state index in [1.54, 1.807) is 4.31 Å². The predicted molar refractivity (Wildman–Crippen MR) is 77.8 cm³/mol. The minimum atomic E-state index is -3.07. The Bertz CT molecular complexity index is 397. The molecule has 0 aliphatic carbocycles. The first-order valence-electron chi connectivity index (χ1n) is 6.83. The lowest BCUT2D eigenvalue weighted by atomic mass is 9.99. The van der Waals surface area contributed by atoms with Crippen molar-refractivity contribution in [1.82, 2.24) is 9.21 Å². The van der Waals surface area contributed by atoms with Crippen molar-refractivity contribution >= 4 is 15.9 Å². The van der Waals surface area contributed by atoms with Gasteiger partial charge >= 0.3 is 0 Å². The summed E-state index contributed by atoms with van der Waals surface area (Å²) in [4.78, 5) is 2.25. The molecule has 0 aromatic rings. The van der Waals surface area contributed by atoms with Gasteiger partial charge in [0.15, 0.2) is 0 Å². The van der Waals surface area contributed by atoms with Crippen LogP contribution in [0.2, 0.25) is 0 Å². The van der Waals surface area contributed by atoms with Crippen molar-refractivity contribution in [3.63, 3.8) is 0 Å². The molecule has 0 radical (unpaired) electrons. The zero-order chi connectivity index (χ0) is 14.5. The van der Waals surface area contributed by atoms with E-state index in [1.165, 1.54) is 6.26 Å². The maximum atomic E-state index is 11.6. The van der Waals surface area contributed by atoms with Crippen LogP contribution in [-0.2, 0) is 10.0 Å². The molecule has 1 aliphatic rings. The minimum Gasteiger partial charge on any atom is -0.388 e. The van der Waals surface area contributed by atoms with Crippen molar-refractivity contribution in [2.24, 2.45) is 11.7 Å². The van der Waals surface area contributed by atoms with Crippen molar-refractivity contribution in [3.8, 4) is 0 Å². The van der Waals surface area contributed by atoms with Crippen molar-refractivity contribution in [2.75, 3.05) is 39.0 Å². The highest BCUT2D eigenvalue weighted by atomic mass is 32.2. The predicted octanol–water partition coefficient (Wildman–Crippen LogP) is 0.306. The molecule has 3 N–H and O–H groups in total. The van der Waals surface area contributed by atoms with E-state index in [9.17, 15) is 8.42 Å². The molecule has 19 heavy (non-hydrogen) atoms. The summed E-state index contributed by atoms with van der Waals surface area (Å²) in [6.07, 6.45) is 3.86. The number of rotatable bonds is 7. The number of hydrogen-bond acceptors (Lipinski definition) is 4. The lowest BCUT2D eigenvalue weighted by Crippen LogP contribution is -2.43. The molecule has 1 fully saturated rings. The second kappa shape index (κ2) is 7.21. The number of amidine groups is 1. The van der Waals surface area contributed by atoms with Crippen LogP contribution in [0, 0.1) is 11.3 Å². The molecule has 1 heterocycles. The van der Waals surface area contributed by atoms with Gasteiger partial charge in [-0.25, -0.2) is 12.7 Å².